The fourth-order valence-electron chi connectivity index (χ4n) is 2.60. The Bertz CT molecular complexity index is 554. The Hall–Kier alpha value is -1.55. The molecule has 0 saturated carbocycles. The van der Waals surface area contributed by atoms with Crippen molar-refractivity contribution in [1.29, 1.82) is 0 Å². The first-order chi connectivity index (χ1) is 9.69. The molecule has 4 heteroatoms. The zero-order valence-corrected chi connectivity index (χ0v) is 13.0. The highest BCUT2D eigenvalue weighted by Crippen LogP contribution is 2.30. The van der Waals surface area contributed by atoms with Gasteiger partial charge in [0.2, 0.25) is 0 Å². The molecule has 0 radical (unpaired) electrons. The number of rotatable bonds is 7. The predicted molar refractivity (Wildman–Crippen MR) is 81.7 cm³/mol. The lowest BCUT2D eigenvalue weighted by Crippen LogP contribution is -2.13. The van der Waals surface area contributed by atoms with Crippen LogP contribution in [0.15, 0.2) is 16.7 Å². The van der Waals surface area contributed by atoms with Crippen LogP contribution in [0.25, 0.3) is 11.1 Å². The third-order valence-electron chi connectivity index (χ3n) is 3.54. The molecule has 0 aliphatic rings. The quantitative estimate of drug-likeness (QED) is 0.784. The van der Waals surface area contributed by atoms with Gasteiger partial charge in [0.1, 0.15) is 5.76 Å². The Labute approximate surface area is 121 Å². The molecule has 2 aromatic heterocycles. The van der Waals surface area contributed by atoms with Crippen LogP contribution in [-0.4, -0.2) is 16.3 Å². The summed E-state index contributed by atoms with van der Waals surface area (Å²) in [6.07, 6.45) is 3.99. The first-order valence-corrected chi connectivity index (χ1v) is 7.50. The van der Waals surface area contributed by atoms with Gasteiger partial charge in [0.15, 0.2) is 0 Å². The number of aromatic nitrogens is 2. The molecule has 0 fully saturated rings. The van der Waals surface area contributed by atoms with E-state index in [1.54, 1.807) is 6.26 Å². The number of nitrogens with one attached hydrogen (secondary N) is 1. The molecule has 2 aromatic rings. The van der Waals surface area contributed by atoms with Gasteiger partial charge in [-0.3, -0.25) is 4.68 Å². The van der Waals surface area contributed by atoms with E-state index in [1.807, 2.05) is 0 Å². The number of nitrogens with zero attached hydrogens (tertiary/aromatic N) is 2. The minimum atomic E-state index is 0.772. The second-order valence-electron chi connectivity index (χ2n) is 5.20. The van der Waals surface area contributed by atoms with Crippen molar-refractivity contribution in [3.63, 3.8) is 0 Å². The third-order valence-corrected chi connectivity index (χ3v) is 3.54. The van der Waals surface area contributed by atoms with Gasteiger partial charge in [-0.2, -0.15) is 5.10 Å². The Morgan fingerprint density at radius 3 is 2.75 bits per heavy atom. The van der Waals surface area contributed by atoms with Gasteiger partial charge in [-0.05, 0) is 39.3 Å². The second-order valence-corrected chi connectivity index (χ2v) is 5.20. The van der Waals surface area contributed by atoms with Crippen LogP contribution in [0.3, 0.4) is 0 Å². The first-order valence-electron chi connectivity index (χ1n) is 7.50. The lowest BCUT2D eigenvalue weighted by molar-refractivity contribution is 0.484. The van der Waals surface area contributed by atoms with Crippen molar-refractivity contribution < 1.29 is 4.42 Å². The van der Waals surface area contributed by atoms with E-state index in [1.165, 1.54) is 16.8 Å². The second kappa shape index (κ2) is 6.75. The molecule has 0 aliphatic heterocycles. The van der Waals surface area contributed by atoms with Gasteiger partial charge in [0.05, 0.1) is 18.5 Å². The summed E-state index contributed by atoms with van der Waals surface area (Å²) >= 11 is 0. The van der Waals surface area contributed by atoms with Crippen LogP contribution in [0.2, 0.25) is 0 Å². The number of aryl methyl sites for hydroxylation is 2. The average molecular weight is 275 g/mol. The molecule has 2 rings (SSSR count). The third kappa shape index (κ3) is 2.96. The summed E-state index contributed by atoms with van der Waals surface area (Å²) in [5.41, 5.74) is 4.70. The summed E-state index contributed by atoms with van der Waals surface area (Å²) in [6.45, 7) is 11.3. The van der Waals surface area contributed by atoms with Crippen molar-refractivity contribution in [3.05, 3.63) is 29.5 Å². The Morgan fingerprint density at radius 2 is 2.05 bits per heavy atom. The lowest BCUT2D eigenvalue weighted by atomic mass is 10.0. The summed E-state index contributed by atoms with van der Waals surface area (Å²) < 4.78 is 7.74. The molecule has 0 aromatic carbocycles. The van der Waals surface area contributed by atoms with Gasteiger partial charge in [-0.15, -0.1) is 0 Å². The summed E-state index contributed by atoms with van der Waals surface area (Å²) in [5.74, 6) is 1.00. The molecule has 0 amide bonds. The van der Waals surface area contributed by atoms with E-state index in [9.17, 15) is 0 Å². The maximum atomic E-state index is 5.65. The van der Waals surface area contributed by atoms with Gasteiger partial charge >= 0.3 is 0 Å². The zero-order chi connectivity index (χ0) is 14.5. The maximum Gasteiger partial charge on any atom is 0.125 e. The Morgan fingerprint density at radius 1 is 1.25 bits per heavy atom. The SMILES string of the molecule is CCCNCc1occc1-c1c(C)nn(CCC)c1C. The van der Waals surface area contributed by atoms with Crippen LogP contribution < -0.4 is 5.32 Å². The molecule has 0 bridgehead atoms. The summed E-state index contributed by atoms with van der Waals surface area (Å²) in [5, 5.41) is 8.05. The van der Waals surface area contributed by atoms with Crippen molar-refractivity contribution in [2.45, 2.75) is 53.6 Å². The lowest BCUT2D eigenvalue weighted by Gasteiger charge is -2.06. The van der Waals surface area contributed by atoms with E-state index < -0.39 is 0 Å². The smallest absolute Gasteiger partial charge is 0.125 e. The van der Waals surface area contributed by atoms with E-state index in [0.717, 1.165) is 43.9 Å². The fraction of sp³-hybridized carbons (Fsp3) is 0.562. The van der Waals surface area contributed by atoms with Crippen LogP contribution in [0.1, 0.15) is 43.8 Å². The first kappa shape index (κ1) is 14.9. The zero-order valence-electron chi connectivity index (χ0n) is 13.0. The summed E-state index contributed by atoms with van der Waals surface area (Å²) in [4.78, 5) is 0. The van der Waals surface area contributed by atoms with Crippen molar-refractivity contribution in [1.82, 2.24) is 15.1 Å². The molecule has 0 spiro atoms. The van der Waals surface area contributed by atoms with Gasteiger partial charge in [-0.1, -0.05) is 13.8 Å². The molecular weight excluding hydrogens is 250 g/mol. The fourth-order valence-corrected chi connectivity index (χ4v) is 2.60. The molecule has 110 valence electrons. The molecule has 0 saturated heterocycles. The van der Waals surface area contributed by atoms with Gasteiger partial charge in [0.25, 0.3) is 0 Å². The number of furan rings is 1. The monoisotopic (exact) mass is 275 g/mol. The van der Waals surface area contributed by atoms with E-state index in [4.69, 9.17) is 4.42 Å². The molecule has 1 N–H and O–H groups in total. The van der Waals surface area contributed by atoms with E-state index in [2.05, 4.69) is 48.9 Å². The van der Waals surface area contributed by atoms with Crippen LogP contribution in [0, 0.1) is 13.8 Å². The van der Waals surface area contributed by atoms with Gasteiger partial charge in [0, 0.05) is 23.4 Å². The minimum Gasteiger partial charge on any atom is -0.467 e. The van der Waals surface area contributed by atoms with Gasteiger partial charge < -0.3 is 9.73 Å². The van der Waals surface area contributed by atoms with E-state index in [-0.39, 0.29) is 0 Å². The largest absolute Gasteiger partial charge is 0.467 e. The van der Waals surface area contributed by atoms with Crippen molar-refractivity contribution >= 4 is 0 Å². The molecular formula is C16H25N3O. The highest BCUT2D eigenvalue weighted by Gasteiger charge is 2.17. The minimum absolute atomic E-state index is 0.772. The Kier molecular flexibility index (Phi) is 5.01. The van der Waals surface area contributed by atoms with Crippen LogP contribution in [0.5, 0.6) is 0 Å². The van der Waals surface area contributed by atoms with Crippen LogP contribution >= 0.6 is 0 Å². The number of hydrogen-bond donors (Lipinski definition) is 1. The summed E-state index contributed by atoms with van der Waals surface area (Å²) in [7, 11) is 0. The maximum absolute atomic E-state index is 5.65. The van der Waals surface area contributed by atoms with E-state index >= 15 is 0 Å². The number of hydrogen-bond acceptors (Lipinski definition) is 3. The normalized spacial score (nSPS) is 11.2. The molecule has 0 aliphatic carbocycles. The van der Waals surface area contributed by atoms with Crippen LogP contribution in [0.4, 0.5) is 0 Å². The topological polar surface area (TPSA) is 43.0 Å². The van der Waals surface area contributed by atoms with Crippen molar-refractivity contribution in [3.8, 4) is 11.1 Å². The molecule has 2 heterocycles. The van der Waals surface area contributed by atoms with E-state index in [0.29, 0.717) is 0 Å². The highest BCUT2D eigenvalue weighted by molar-refractivity contribution is 5.70. The van der Waals surface area contributed by atoms with Crippen molar-refractivity contribution in [2.24, 2.45) is 0 Å². The molecule has 0 atom stereocenters. The molecule has 20 heavy (non-hydrogen) atoms. The highest BCUT2D eigenvalue weighted by atomic mass is 16.3. The van der Waals surface area contributed by atoms with Crippen molar-refractivity contribution in [2.75, 3.05) is 6.54 Å². The predicted octanol–water partition coefficient (Wildman–Crippen LogP) is 3.67. The van der Waals surface area contributed by atoms with Crippen LogP contribution in [-0.2, 0) is 13.1 Å². The standard InChI is InChI=1S/C16H25N3O/c1-5-8-17-11-15-14(7-10-20-15)16-12(3)18-19(9-6-2)13(16)4/h7,10,17H,5-6,8-9,11H2,1-4H3. The molecule has 0 unspecified atom stereocenters. The molecule has 4 nitrogen and oxygen atoms in total. The summed E-state index contributed by atoms with van der Waals surface area (Å²) in [6, 6.07) is 2.05. The average Bonchev–Trinajstić information content (AvgIpc) is 2.96. The van der Waals surface area contributed by atoms with Gasteiger partial charge in [-0.25, -0.2) is 0 Å². The Balaban J connectivity index is 2.30.